The van der Waals surface area contributed by atoms with Gasteiger partial charge in [-0.1, -0.05) is 26.7 Å². The maximum atomic E-state index is 5.50. The van der Waals surface area contributed by atoms with Crippen molar-refractivity contribution in [3.63, 3.8) is 0 Å². The lowest BCUT2D eigenvalue weighted by Gasteiger charge is -2.28. The molecular weight excluding hydrogens is 238 g/mol. The average molecular weight is 263 g/mol. The van der Waals surface area contributed by atoms with Gasteiger partial charge in [-0.3, -0.25) is 0 Å². The van der Waals surface area contributed by atoms with E-state index in [2.05, 4.69) is 34.6 Å². The Labute approximate surface area is 115 Å². The minimum absolute atomic E-state index is 0.451. The molecule has 0 radical (unpaired) electrons. The molecule has 106 valence electrons. The second-order valence-corrected chi connectivity index (χ2v) is 5.46. The number of nitrogen functional groups attached to an aromatic ring is 1. The van der Waals surface area contributed by atoms with Crippen LogP contribution >= 0.6 is 0 Å². The highest BCUT2D eigenvalue weighted by atomic mass is 15.3. The lowest BCUT2D eigenvalue weighted by Crippen LogP contribution is -2.27. The molecule has 1 heterocycles. The summed E-state index contributed by atoms with van der Waals surface area (Å²) in [5, 5.41) is 3.53. The van der Waals surface area contributed by atoms with Crippen molar-refractivity contribution >= 4 is 11.6 Å². The van der Waals surface area contributed by atoms with E-state index < -0.39 is 0 Å². The van der Waals surface area contributed by atoms with Gasteiger partial charge in [-0.15, -0.1) is 0 Å². The van der Waals surface area contributed by atoms with Crippen molar-refractivity contribution in [3.8, 4) is 0 Å². The van der Waals surface area contributed by atoms with Gasteiger partial charge < -0.3 is 10.7 Å². The smallest absolute Gasteiger partial charge is 0.148 e. The largest absolute Gasteiger partial charge is 0.369 e. The number of hydrogen-bond acceptors (Lipinski definition) is 5. The molecule has 1 fully saturated rings. The third-order valence-electron chi connectivity index (χ3n) is 4.48. The van der Waals surface area contributed by atoms with Crippen molar-refractivity contribution in [1.82, 2.24) is 9.97 Å². The summed E-state index contributed by atoms with van der Waals surface area (Å²) in [6.45, 7) is 5.38. The summed E-state index contributed by atoms with van der Waals surface area (Å²) in [5.74, 6) is 7.14. The van der Waals surface area contributed by atoms with Crippen molar-refractivity contribution in [2.75, 3.05) is 17.3 Å². The van der Waals surface area contributed by atoms with Crippen molar-refractivity contribution in [1.29, 1.82) is 0 Å². The predicted molar refractivity (Wildman–Crippen MR) is 78.9 cm³/mol. The lowest BCUT2D eigenvalue weighted by molar-refractivity contribution is 0.306. The number of hydrogen-bond donors (Lipinski definition) is 3. The molecule has 0 atom stereocenters. The minimum atomic E-state index is 0.451. The predicted octanol–water partition coefficient (Wildman–Crippen LogP) is 2.71. The summed E-state index contributed by atoms with van der Waals surface area (Å²) in [7, 11) is 0. The molecule has 0 amide bonds. The summed E-state index contributed by atoms with van der Waals surface area (Å²) in [6.07, 6.45) is 9.02. The molecule has 1 saturated carbocycles. The van der Waals surface area contributed by atoms with Crippen molar-refractivity contribution in [3.05, 3.63) is 11.9 Å². The number of anilines is 2. The van der Waals surface area contributed by atoms with E-state index in [1.807, 2.05) is 0 Å². The number of aromatic nitrogens is 2. The first kappa shape index (κ1) is 14.1. The normalized spacial score (nSPS) is 17.4. The molecule has 1 aliphatic rings. The Balaban J connectivity index is 2.10. The molecule has 5 nitrogen and oxygen atoms in total. The minimum Gasteiger partial charge on any atom is -0.369 e. The number of hydrazine groups is 1. The summed E-state index contributed by atoms with van der Waals surface area (Å²) in [5.41, 5.74) is 4.16. The zero-order valence-corrected chi connectivity index (χ0v) is 12.0. The first-order valence-corrected chi connectivity index (χ1v) is 7.29. The third kappa shape index (κ3) is 2.97. The molecular formula is C14H25N5. The van der Waals surface area contributed by atoms with Crippen LogP contribution in [0.3, 0.4) is 0 Å². The van der Waals surface area contributed by atoms with E-state index in [9.17, 15) is 0 Å². The van der Waals surface area contributed by atoms with E-state index in [0.29, 0.717) is 5.41 Å². The van der Waals surface area contributed by atoms with Crippen LogP contribution in [0.2, 0.25) is 0 Å². The zero-order chi connectivity index (χ0) is 13.7. The van der Waals surface area contributed by atoms with E-state index in [4.69, 9.17) is 5.84 Å². The van der Waals surface area contributed by atoms with Crippen LogP contribution in [0.25, 0.3) is 0 Å². The standard InChI is InChI=1S/C14H25N5/c1-3-11-12(17-10-18-13(11)19-15)16-9-14(4-2)7-5-6-8-14/h10H,3-9,15H2,1-2H3,(H2,16,17,18,19). The van der Waals surface area contributed by atoms with E-state index >= 15 is 0 Å². The molecule has 0 bridgehead atoms. The maximum Gasteiger partial charge on any atom is 0.148 e. The molecule has 2 rings (SSSR count). The quantitative estimate of drug-likeness (QED) is 0.543. The highest BCUT2D eigenvalue weighted by Crippen LogP contribution is 2.41. The highest BCUT2D eigenvalue weighted by Gasteiger charge is 2.31. The van der Waals surface area contributed by atoms with Gasteiger partial charge >= 0.3 is 0 Å². The molecule has 1 aromatic heterocycles. The number of nitrogens with one attached hydrogen (secondary N) is 2. The van der Waals surface area contributed by atoms with Gasteiger partial charge in [0.15, 0.2) is 0 Å². The molecule has 0 aromatic carbocycles. The van der Waals surface area contributed by atoms with Crippen LogP contribution in [-0.4, -0.2) is 16.5 Å². The van der Waals surface area contributed by atoms with Crippen LogP contribution in [-0.2, 0) is 6.42 Å². The Hall–Kier alpha value is -1.36. The van der Waals surface area contributed by atoms with Crippen LogP contribution in [0.5, 0.6) is 0 Å². The third-order valence-corrected chi connectivity index (χ3v) is 4.48. The van der Waals surface area contributed by atoms with E-state index in [0.717, 1.165) is 30.2 Å². The SMILES string of the molecule is CCc1c(NN)ncnc1NCC1(CC)CCCC1. The molecule has 19 heavy (non-hydrogen) atoms. The van der Waals surface area contributed by atoms with Gasteiger partial charge in [0, 0.05) is 12.1 Å². The zero-order valence-electron chi connectivity index (χ0n) is 12.0. The first-order chi connectivity index (χ1) is 9.24. The molecule has 0 aliphatic heterocycles. The van der Waals surface area contributed by atoms with Gasteiger partial charge in [-0.25, -0.2) is 15.8 Å². The fourth-order valence-corrected chi connectivity index (χ4v) is 3.08. The van der Waals surface area contributed by atoms with Crippen molar-refractivity contribution < 1.29 is 0 Å². The molecule has 1 aromatic rings. The molecule has 4 N–H and O–H groups in total. The van der Waals surface area contributed by atoms with Crippen molar-refractivity contribution in [2.24, 2.45) is 11.3 Å². The van der Waals surface area contributed by atoms with Gasteiger partial charge in [0.05, 0.1) is 0 Å². The topological polar surface area (TPSA) is 75.9 Å². The van der Waals surface area contributed by atoms with Gasteiger partial charge in [-0.05, 0) is 31.1 Å². The Kier molecular flexibility index (Phi) is 4.58. The molecule has 0 saturated heterocycles. The van der Waals surface area contributed by atoms with E-state index in [1.54, 1.807) is 6.33 Å². The fraction of sp³-hybridized carbons (Fsp3) is 0.714. The lowest BCUT2D eigenvalue weighted by atomic mass is 9.83. The molecule has 1 aliphatic carbocycles. The van der Waals surface area contributed by atoms with Crippen LogP contribution in [0.1, 0.15) is 51.5 Å². The number of nitrogens with two attached hydrogens (primary N) is 1. The molecule has 0 spiro atoms. The molecule has 0 unspecified atom stereocenters. The second-order valence-electron chi connectivity index (χ2n) is 5.46. The van der Waals surface area contributed by atoms with E-state index in [-0.39, 0.29) is 0 Å². The number of rotatable bonds is 6. The second kappa shape index (κ2) is 6.19. The summed E-state index contributed by atoms with van der Waals surface area (Å²) in [6, 6.07) is 0. The Morgan fingerprint density at radius 3 is 2.47 bits per heavy atom. The van der Waals surface area contributed by atoms with Crippen LogP contribution < -0.4 is 16.6 Å². The Morgan fingerprint density at radius 2 is 1.89 bits per heavy atom. The summed E-state index contributed by atoms with van der Waals surface area (Å²) in [4.78, 5) is 8.53. The maximum absolute atomic E-state index is 5.50. The average Bonchev–Trinajstić information content (AvgIpc) is 2.94. The Bertz CT molecular complexity index is 412. The van der Waals surface area contributed by atoms with Crippen LogP contribution in [0, 0.1) is 5.41 Å². The van der Waals surface area contributed by atoms with Crippen molar-refractivity contribution in [2.45, 2.75) is 52.4 Å². The van der Waals surface area contributed by atoms with Gasteiger partial charge in [-0.2, -0.15) is 0 Å². The highest BCUT2D eigenvalue weighted by molar-refractivity contribution is 5.56. The summed E-state index contributed by atoms with van der Waals surface area (Å²) >= 11 is 0. The fourth-order valence-electron chi connectivity index (χ4n) is 3.08. The first-order valence-electron chi connectivity index (χ1n) is 7.29. The monoisotopic (exact) mass is 263 g/mol. The van der Waals surface area contributed by atoms with Gasteiger partial charge in [0.1, 0.15) is 18.0 Å². The van der Waals surface area contributed by atoms with Crippen LogP contribution in [0.4, 0.5) is 11.6 Å². The summed E-state index contributed by atoms with van der Waals surface area (Å²) < 4.78 is 0. The Morgan fingerprint density at radius 1 is 1.21 bits per heavy atom. The van der Waals surface area contributed by atoms with Gasteiger partial charge in [0.25, 0.3) is 0 Å². The van der Waals surface area contributed by atoms with E-state index in [1.165, 1.54) is 32.1 Å². The van der Waals surface area contributed by atoms with Crippen LogP contribution in [0.15, 0.2) is 6.33 Å². The van der Waals surface area contributed by atoms with Gasteiger partial charge in [0.2, 0.25) is 0 Å². The number of nitrogens with zero attached hydrogens (tertiary/aromatic N) is 2. The molecule has 5 heteroatoms.